The van der Waals surface area contributed by atoms with E-state index in [4.69, 9.17) is 10.5 Å². The maximum Gasteiger partial charge on any atom is 0.410 e. The van der Waals surface area contributed by atoms with Crippen molar-refractivity contribution in [3.05, 3.63) is 56.5 Å². The molecule has 0 saturated carbocycles. The standard InChI is InChI=1S/C34H44Br2N6O4/c35-27-20-23(21-28(36)31(27)37)22-30(32(43)40-15-9-25(10-16-40)39-13-4-1-5-14-39)46-34(45)41-17-11-26(12-18-41)42-19-8-24-6-2-3-7-29(24)38-33(42)44/h2-3,6-7,20-21,25-26,30H,1,4-5,8-19,22,37H2,(H,38,44)/t30-/m1/s1. The number of fused-ring (bicyclic) bond motifs is 1. The number of carbonyl (C=O) groups excluding carboxylic acids is 3. The smallest absolute Gasteiger partial charge is 0.410 e. The first-order chi connectivity index (χ1) is 22.3. The van der Waals surface area contributed by atoms with E-state index in [2.05, 4.69) is 42.1 Å². The van der Waals surface area contributed by atoms with Crippen LogP contribution in [0.4, 0.5) is 21.0 Å². The molecule has 248 valence electrons. The van der Waals surface area contributed by atoms with Crippen molar-refractivity contribution in [2.24, 2.45) is 0 Å². The molecule has 4 amide bonds. The molecule has 0 unspecified atom stereocenters. The first-order valence-corrected chi connectivity index (χ1v) is 18.2. The van der Waals surface area contributed by atoms with E-state index in [1.54, 1.807) is 4.90 Å². The SMILES string of the molecule is Nc1c(Br)cc(C[C@@H](OC(=O)N2CCC(N3CCc4ccccc4NC3=O)CC2)C(=O)N2CCC(N3CCCCC3)CC2)cc1Br. The summed E-state index contributed by atoms with van der Waals surface area (Å²) in [6, 6.07) is 12.1. The Morgan fingerprint density at radius 1 is 0.870 bits per heavy atom. The van der Waals surface area contributed by atoms with E-state index in [1.807, 2.05) is 46.2 Å². The fourth-order valence-electron chi connectivity index (χ4n) is 7.38. The van der Waals surface area contributed by atoms with Crippen molar-refractivity contribution >= 4 is 61.3 Å². The Morgan fingerprint density at radius 3 is 2.20 bits per heavy atom. The summed E-state index contributed by atoms with van der Waals surface area (Å²) < 4.78 is 7.50. The van der Waals surface area contributed by atoms with Crippen LogP contribution in [0.3, 0.4) is 0 Å². The van der Waals surface area contributed by atoms with Gasteiger partial charge in [0.2, 0.25) is 0 Å². The molecule has 46 heavy (non-hydrogen) atoms. The van der Waals surface area contributed by atoms with Crippen LogP contribution in [0.2, 0.25) is 0 Å². The highest BCUT2D eigenvalue weighted by Gasteiger charge is 2.36. The molecule has 3 fully saturated rings. The van der Waals surface area contributed by atoms with Crippen LogP contribution in [0.15, 0.2) is 45.3 Å². The van der Waals surface area contributed by atoms with E-state index < -0.39 is 12.2 Å². The number of benzene rings is 2. The van der Waals surface area contributed by atoms with E-state index in [9.17, 15) is 14.4 Å². The number of hydrogen-bond donors (Lipinski definition) is 2. The van der Waals surface area contributed by atoms with Gasteiger partial charge in [0, 0.05) is 65.9 Å². The number of piperidine rings is 3. The van der Waals surface area contributed by atoms with Gasteiger partial charge in [0.25, 0.3) is 5.91 Å². The number of nitrogens with two attached hydrogens (primary N) is 1. The first kappa shape index (κ1) is 33.1. The van der Waals surface area contributed by atoms with Crippen LogP contribution in [0, 0.1) is 0 Å². The number of amides is 4. The van der Waals surface area contributed by atoms with Gasteiger partial charge in [-0.05, 0) is 119 Å². The number of para-hydroxylation sites is 1. The van der Waals surface area contributed by atoms with Gasteiger partial charge in [-0.3, -0.25) is 4.79 Å². The molecule has 1 atom stereocenters. The number of carbonyl (C=O) groups is 3. The van der Waals surface area contributed by atoms with Crippen molar-refractivity contribution in [3.8, 4) is 0 Å². The Balaban J connectivity index is 1.09. The quantitative estimate of drug-likeness (QED) is 0.357. The van der Waals surface area contributed by atoms with Crippen molar-refractivity contribution in [1.82, 2.24) is 19.6 Å². The maximum atomic E-state index is 14.0. The number of nitrogens with one attached hydrogen (secondary N) is 1. The van der Waals surface area contributed by atoms with Gasteiger partial charge in [0.1, 0.15) is 0 Å². The maximum absolute atomic E-state index is 14.0. The summed E-state index contributed by atoms with van der Waals surface area (Å²) in [5.74, 6) is -0.148. The van der Waals surface area contributed by atoms with Crippen LogP contribution in [-0.2, 0) is 22.4 Å². The summed E-state index contributed by atoms with van der Waals surface area (Å²) in [5.41, 5.74) is 9.54. The Morgan fingerprint density at radius 2 is 1.50 bits per heavy atom. The molecule has 0 aliphatic carbocycles. The minimum atomic E-state index is -0.950. The van der Waals surface area contributed by atoms with Crippen molar-refractivity contribution in [2.45, 2.75) is 76.0 Å². The van der Waals surface area contributed by atoms with Crippen LogP contribution < -0.4 is 11.1 Å². The van der Waals surface area contributed by atoms with E-state index >= 15 is 0 Å². The topological polar surface area (TPSA) is 111 Å². The van der Waals surface area contributed by atoms with Gasteiger partial charge < -0.3 is 35.4 Å². The lowest BCUT2D eigenvalue weighted by atomic mass is 9.99. The van der Waals surface area contributed by atoms with Gasteiger partial charge >= 0.3 is 12.1 Å². The fourth-order valence-corrected chi connectivity index (χ4v) is 8.66. The third kappa shape index (κ3) is 7.65. The fraction of sp³-hybridized carbons (Fsp3) is 0.559. The predicted octanol–water partition coefficient (Wildman–Crippen LogP) is 5.87. The average Bonchev–Trinajstić information content (AvgIpc) is 3.25. The molecule has 4 heterocycles. The second-order valence-electron chi connectivity index (χ2n) is 13.0. The van der Waals surface area contributed by atoms with Gasteiger partial charge in [-0.25, -0.2) is 9.59 Å². The van der Waals surface area contributed by atoms with Gasteiger partial charge in [-0.1, -0.05) is 24.6 Å². The summed E-state index contributed by atoms with van der Waals surface area (Å²) in [6.45, 7) is 5.17. The summed E-state index contributed by atoms with van der Waals surface area (Å²) in [4.78, 5) is 48.7. The molecule has 3 N–H and O–H groups in total. The number of halogens is 2. The molecule has 3 saturated heterocycles. The number of rotatable bonds is 6. The minimum Gasteiger partial charge on any atom is -0.436 e. The lowest BCUT2D eigenvalue weighted by Crippen LogP contribution is -2.53. The summed E-state index contributed by atoms with van der Waals surface area (Å²) in [7, 11) is 0. The normalized spacial score (nSPS) is 20.9. The highest BCUT2D eigenvalue weighted by Crippen LogP contribution is 2.31. The Labute approximate surface area is 288 Å². The average molecular weight is 761 g/mol. The molecule has 6 rings (SSSR count). The molecule has 0 aromatic heterocycles. The Bertz CT molecular complexity index is 1400. The van der Waals surface area contributed by atoms with Crippen LogP contribution in [0.1, 0.15) is 56.1 Å². The zero-order valence-corrected chi connectivity index (χ0v) is 29.4. The molecular formula is C34H44Br2N6O4. The van der Waals surface area contributed by atoms with E-state index in [0.717, 1.165) is 58.1 Å². The first-order valence-electron chi connectivity index (χ1n) is 16.6. The summed E-state index contributed by atoms with van der Waals surface area (Å²) in [6.07, 6.45) is 6.59. The number of urea groups is 1. The summed E-state index contributed by atoms with van der Waals surface area (Å²) >= 11 is 7.02. The predicted molar refractivity (Wildman–Crippen MR) is 186 cm³/mol. The Kier molecular flexibility index (Phi) is 10.7. The molecule has 4 aliphatic heterocycles. The zero-order chi connectivity index (χ0) is 32.2. The van der Waals surface area contributed by atoms with Crippen LogP contribution >= 0.6 is 31.9 Å². The number of hydrogen-bond acceptors (Lipinski definition) is 6. The monoisotopic (exact) mass is 758 g/mol. The Hall–Kier alpha value is -2.83. The van der Waals surface area contributed by atoms with E-state index in [-0.39, 0.29) is 24.4 Å². The van der Waals surface area contributed by atoms with Crippen molar-refractivity contribution in [1.29, 1.82) is 0 Å². The number of ether oxygens (including phenoxy) is 1. The third-order valence-corrected chi connectivity index (χ3v) is 11.4. The van der Waals surface area contributed by atoms with Gasteiger partial charge in [0.15, 0.2) is 6.10 Å². The number of anilines is 2. The molecule has 12 heteroatoms. The second kappa shape index (κ2) is 14.9. The molecule has 0 bridgehead atoms. The lowest BCUT2D eigenvalue weighted by Gasteiger charge is -2.41. The van der Waals surface area contributed by atoms with Crippen LogP contribution in [-0.4, -0.2) is 102 Å². The molecule has 0 spiro atoms. The minimum absolute atomic E-state index is 0.0291. The van der Waals surface area contributed by atoms with E-state index in [1.165, 1.54) is 19.3 Å². The molecule has 2 aromatic carbocycles. The van der Waals surface area contributed by atoms with Gasteiger partial charge in [-0.2, -0.15) is 0 Å². The number of nitrogens with zero attached hydrogens (tertiary/aromatic N) is 4. The van der Waals surface area contributed by atoms with Gasteiger partial charge in [0.05, 0.1) is 5.69 Å². The van der Waals surface area contributed by atoms with Crippen LogP contribution in [0.25, 0.3) is 0 Å². The molecule has 0 radical (unpaired) electrons. The molecular weight excluding hydrogens is 716 g/mol. The largest absolute Gasteiger partial charge is 0.436 e. The van der Waals surface area contributed by atoms with Crippen molar-refractivity contribution < 1.29 is 19.1 Å². The van der Waals surface area contributed by atoms with Crippen molar-refractivity contribution in [3.63, 3.8) is 0 Å². The van der Waals surface area contributed by atoms with E-state index in [0.29, 0.717) is 57.3 Å². The second-order valence-corrected chi connectivity index (χ2v) is 14.7. The molecule has 10 nitrogen and oxygen atoms in total. The highest BCUT2D eigenvalue weighted by molar-refractivity contribution is 9.11. The lowest BCUT2D eigenvalue weighted by molar-refractivity contribution is -0.142. The van der Waals surface area contributed by atoms with Crippen LogP contribution in [0.5, 0.6) is 0 Å². The van der Waals surface area contributed by atoms with Crippen molar-refractivity contribution in [2.75, 3.05) is 56.9 Å². The summed E-state index contributed by atoms with van der Waals surface area (Å²) in [5, 5.41) is 3.05. The zero-order valence-electron chi connectivity index (χ0n) is 26.3. The third-order valence-electron chi connectivity index (χ3n) is 10.1. The molecule has 4 aliphatic rings. The number of likely N-dealkylation sites (tertiary alicyclic amines) is 3. The number of nitrogen functional groups attached to an aromatic ring is 1. The molecule has 2 aromatic rings. The highest BCUT2D eigenvalue weighted by atomic mass is 79.9. The van der Waals surface area contributed by atoms with Gasteiger partial charge in [-0.15, -0.1) is 0 Å².